The minimum absolute atomic E-state index is 0.196. The number of benzene rings is 9. The summed E-state index contributed by atoms with van der Waals surface area (Å²) in [6, 6.07) is 60.5. The third-order valence-corrected chi connectivity index (χ3v) is 11.3. The summed E-state index contributed by atoms with van der Waals surface area (Å²) in [4.78, 5) is 0.666. The van der Waals surface area contributed by atoms with Crippen LogP contribution in [0.2, 0.25) is 0 Å². The molecule has 1 aromatic heterocycles. The third-order valence-electron chi connectivity index (χ3n) is 10.2. The van der Waals surface area contributed by atoms with E-state index in [2.05, 4.69) is 152 Å². The molecule has 248 valence electrons. The van der Waals surface area contributed by atoms with E-state index in [0.29, 0.717) is 4.88 Å². The summed E-state index contributed by atoms with van der Waals surface area (Å²) < 4.78 is 43.7. The number of hydrogen-bond donors (Lipinski definition) is 0. The monoisotopic (exact) mass is 695 g/mol. The molecule has 0 saturated heterocycles. The fraction of sp³-hybridized carbons (Fsp3) is 0. The molecule has 0 aliphatic heterocycles. The van der Waals surface area contributed by atoms with Gasteiger partial charge in [-0.1, -0.05) is 182 Å². The topological polar surface area (TPSA) is 0 Å². The van der Waals surface area contributed by atoms with Gasteiger partial charge in [0.2, 0.25) is 0 Å². The van der Waals surface area contributed by atoms with Crippen molar-refractivity contribution in [3.05, 3.63) is 206 Å². The lowest BCUT2D eigenvalue weighted by Gasteiger charge is -2.19. The van der Waals surface area contributed by atoms with Crippen molar-refractivity contribution in [2.24, 2.45) is 0 Å². The first-order valence-corrected chi connectivity index (χ1v) is 18.6. The van der Waals surface area contributed by atoms with Crippen molar-refractivity contribution in [3.8, 4) is 66.1 Å². The highest BCUT2D eigenvalue weighted by atomic mass is 32.1. The first-order chi connectivity index (χ1) is 28.4. The Labute approximate surface area is 320 Å². The quantitative estimate of drug-likeness (QED) is 0.152. The van der Waals surface area contributed by atoms with Gasteiger partial charge in [-0.05, 0) is 101 Å². The van der Waals surface area contributed by atoms with Crippen molar-refractivity contribution in [1.82, 2.24) is 0 Å². The van der Waals surface area contributed by atoms with E-state index in [9.17, 15) is 0 Å². The molecule has 0 N–H and O–H groups in total. The maximum absolute atomic E-state index is 8.83. The van der Waals surface area contributed by atoms with Crippen LogP contribution < -0.4 is 0 Å². The van der Waals surface area contributed by atoms with E-state index in [1.165, 1.54) is 28.0 Å². The van der Waals surface area contributed by atoms with Gasteiger partial charge in [-0.25, -0.2) is 0 Å². The zero-order valence-corrected chi connectivity index (χ0v) is 29.5. The van der Waals surface area contributed by atoms with Gasteiger partial charge in [-0.15, -0.1) is 11.3 Å². The van der Waals surface area contributed by atoms with E-state index in [1.54, 1.807) is 0 Å². The lowest BCUT2D eigenvalue weighted by Crippen LogP contribution is -1.92. The van der Waals surface area contributed by atoms with Gasteiger partial charge in [0.15, 0.2) is 0 Å². The number of hydrogen-bond acceptors (Lipinski definition) is 1. The van der Waals surface area contributed by atoms with Gasteiger partial charge in [0.1, 0.15) is 0 Å². The fourth-order valence-corrected chi connectivity index (χ4v) is 8.97. The summed E-state index contributed by atoms with van der Waals surface area (Å²) in [6.45, 7) is 0. The summed E-state index contributed by atoms with van der Waals surface area (Å²) in [5.74, 6) is 0. The molecule has 0 amide bonds. The standard InChI is InChI=1S/C52H34S/c1-4-16-35(17-5-1)40-32-41(36-18-6-2-7-19-36)34-42(33-40)50-45-24-12-10-22-43(45)49(44-23-11-13-25-46(44)50)37-28-30-38(31-29-37)51-47-26-14-15-27-48(47)53-52(51)39-20-8-3-9-21-39/h1-34H/i3D,8D,9D,20D,21D. The highest BCUT2D eigenvalue weighted by Gasteiger charge is 2.20. The molecule has 0 radical (unpaired) electrons. The summed E-state index contributed by atoms with van der Waals surface area (Å²) in [5, 5.41) is 5.61. The Balaban J connectivity index is 1.18. The van der Waals surface area contributed by atoms with Crippen LogP contribution in [0.3, 0.4) is 0 Å². The van der Waals surface area contributed by atoms with Crippen LogP contribution in [-0.4, -0.2) is 0 Å². The summed E-state index contributed by atoms with van der Waals surface area (Å²) >= 11 is 1.46. The average Bonchev–Trinajstić information content (AvgIpc) is 3.66. The second-order valence-electron chi connectivity index (χ2n) is 13.3. The van der Waals surface area contributed by atoms with Gasteiger partial charge in [0, 0.05) is 20.5 Å². The van der Waals surface area contributed by atoms with Crippen molar-refractivity contribution in [3.63, 3.8) is 0 Å². The van der Waals surface area contributed by atoms with Gasteiger partial charge in [0.25, 0.3) is 0 Å². The van der Waals surface area contributed by atoms with Gasteiger partial charge in [-0.3, -0.25) is 0 Å². The highest BCUT2D eigenvalue weighted by molar-refractivity contribution is 7.23. The van der Waals surface area contributed by atoms with E-state index >= 15 is 0 Å². The Morgan fingerprint density at radius 2 is 0.717 bits per heavy atom. The van der Waals surface area contributed by atoms with E-state index in [1.807, 2.05) is 24.3 Å². The second-order valence-corrected chi connectivity index (χ2v) is 14.3. The minimum atomic E-state index is -0.392. The predicted molar refractivity (Wildman–Crippen MR) is 229 cm³/mol. The Hall–Kier alpha value is -6.54. The largest absolute Gasteiger partial charge is 0.135 e. The van der Waals surface area contributed by atoms with Crippen molar-refractivity contribution in [2.75, 3.05) is 0 Å². The molecule has 0 unspecified atom stereocenters. The van der Waals surface area contributed by atoms with E-state index < -0.39 is 6.04 Å². The summed E-state index contributed by atoms with van der Waals surface area (Å²) in [7, 11) is 0. The Kier molecular flexibility index (Phi) is 6.55. The van der Waals surface area contributed by atoms with Crippen LogP contribution in [0.5, 0.6) is 0 Å². The van der Waals surface area contributed by atoms with E-state index in [0.717, 1.165) is 70.6 Å². The first-order valence-electron chi connectivity index (χ1n) is 20.3. The van der Waals surface area contributed by atoms with Crippen LogP contribution in [0.4, 0.5) is 0 Å². The van der Waals surface area contributed by atoms with Gasteiger partial charge < -0.3 is 0 Å². The zero-order valence-electron chi connectivity index (χ0n) is 33.7. The average molecular weight is 696 g/mol. The second kappa shape index (κ2) is 13.2. The Bertz CT molecular complexity index is 3060. The molecule has 53 heavy (non-hydrogen) atoms. The Morgan fingerprint density at radius 1 is 0.302 bits per heavy atom. The van der Waals surface area contributed by atoms with Crippen molar-refractivity contribution in [2.45, 2.75) is 0 Å². The zero-order chi connectivity index (χ0) is 39.5. The predicted octanol–water partition coefficient (Wildman–Crippen LogP) is 15.2. The highest BCUT2D eigenvalue weighted by Crippen LogP contribution is 2.48. The molecular formula is C52H34S. The van der Waals surface area contributed by atoms with Gasteiger partial charge in [0.05, 0.1) is 6.85 Å². The fourth-order valence-electron chi connectivity index (χ4n) is 7.79. The lowest BCUT2D eigenvalue weighted by atomic mass is 9.84. The number of thiophene rings is 1. The molecule has 0 aliphatic rings. The van der Waals surface area contributed by atoms with Crippen LogP contribution in [0.15, 0.2) is 206 Å². The maximum atomic E-state index is 8.83. The molecule has 0 aliphatic carbocycles. The molecule has 10 aromatic rings. The molecule has 1 heterocycles. The molecule has 10 rings (SSSR count). The van der Waals surface area contributed by atoms with Crippen molar-refractivity contribution in [1.29, 1.82) is 0 Å². The van der Waals surface area contributed by atoms with Crippen LogP contribution in [0.1, 0.15) is 6.85 Å². The minimum Gasteiger partial charge on any atom is -0.135 e. The molecule has 9 aromatic carbocycles. The van der Waals surface area contributed by atoms with E-state index in [4.69, 9.17) is 6.85 Å². The molecule has 0 bridgehead atoms. The summed E-state index contributed by atoms with van der Waals surface area (Å²) in [5.41, 5.74) is 11.2. The van der Waals surface area contributed by atoms with Crippen LogP contribution >= 0.6 is 11.3 Å². The Morgan fingerprint density at radius 3 is 1.25 bits per heavy atom. The molecule has 0 saturated carbocycles. The molecule has 0 atom stereocenters. The van der Waals surface area contributed by atoms with Crippen molar-refractivity contribution >= 4 is 43.0 Å². The SMILES string of the molecule is [2H]c1c([2H])c([2H])c(-c2sc3ccccc3c2-c2ccc(-c3c4ccccc4c(-c4cc(-c5ccccc5)cc(-c5ccccc5)c4)c4ccccc34)cc2)c([2H])c1[2H]. The maximum Gasteiger partial charge on any atom is 0.0630 e. The van der Waals surface area contributed by atoms with Crippen LogP contribution in [0.25, 0.3) is 97.7 Å². The van der Waals surface area contributed by atoms with E-state index in [-0.39, 0.29) is 29.7 Å². The normalized spacial score (nSPS) is 12.7. The molecule has 0 spiro atoms. The first kappa shape index (κ1) is 26.3. The van der Waals surface area contributed by atoms with Crippen molar-refractivity contribution < 1.29 is 6.85 Å². The molecule has 0 fully saturated rings. The van der Waals surface area contributed by atoms with Gasteiger partial charge in [-0.2, -0.15) is 0 Å². The molecule has 1 heteroatoms. The number of rotatable bonds is 6. The smallest absolute Gasteiger partial charge is 0.0630 e. The van der Waals surface area contributed by atoms with Gasteiger partial charge >= 0.3 is 0 Å². The molecule has 0 nitrogen and oxygen atoms in total. The summed E-state index contributed by atoms with van der Waals surface area (Å²) in [6.07, 6.45) is 0. The third kappa shape index (κ3) is 5.54. The lowest BCUT2D eigenvalue weighted by molar-refractivity contribution is 1.58. The van der Waals surface area contributed by atoms with Crippen LogP contribution in [0, 0.1) is 0 Å². The van der Waals surface area contributed by atoms with Crippen LogP contribution in [-0.2, 0) is 0 Å². The number of fused-ring (bicyclic) bond motifs is 3. The molecular weight excluding hydrogens is 657 g/mol.